The summed E-state index contributed by atoms with van der Waals surface area (Å²) in [5.74, 6) is -0.376. The lowest BCUT2D eigenvalue weighted by Gasteiger charge is -2.14. The number of ether oxygens (including phenoxy) is 1. The molecule has 0 saturated heterocycles. The van der Waals surface area contributed by atoms with Gasteiger partial charge < -0.3 is 4.74 Å². The zero-order chi connectivity index (χ0) is 7.98. The molecule has 0 aliphatic carbocycles. The van der Waals surface area contributed by atoms with E-state index in [0.29, 0.717) is 0 Å². The van der Waals surface area contributed by atoms with Crippen LogP contribution >= 0.6 is 0 Å². The van der Waals surface area contributed by atoms with Gasteiger partial charge in [0.25, 0.3) is 0 Å². The fourth-order valence-electron chi connectivity index (χ4n) is 0.324. The van der Waals surface area contributed by atoms with E-state index in [2.05, 4.69) is 14.4 Å². The topological polar surface area (TPSA) is 48.0 Å². The van der Waals surface area contributed by atoms with Gasteiger partial charge in [-0.25, -0.2) is 0 Å². The summed E-state index contributed by atoms with van der Waals surface area (Å²) in [6, 6.07) is 0. The lowest BCUT2D eigenvalue weighted by atomic mass is 10.8. The number of hydrogen-bond donors (Lipinski definition) is 0. The lowest BCUT2D eigenvalue weighted by molar-refractivity contribution is -0.367. The largest absolute Gasteiger partial charge is 0.445 e. The average molecular weight is 149 g/mol. The summed E-state index contributed by atoms with van der Waals surface area (Å²) in [6.07, 6.45) is 0. The molecule has 60 valence electrons. The van der Waals surface area contributed by atoms with Crippen molar-refractivity contribution in [2.75, 3.05) is 21.0 Å². The molecular formula is C5H11NO4. The first kappa shape index (κ1) is 9.35. The fraction of sp³-hybridized carbons (Fsp3) is 0.800. The third-order valence-corrected chi connectivity index (χ3v) is 0.780. The Labute approximate surface area is 59.4 Å². The Morgan fingerprint density at radius 1 is 1.40 bits per heavy atom. The van der Waals surface area contributed by atoms with E-state index in [0.717, 1.165) is 5.23 Å². The van der Waals surface area contributed by atoms with Gasteiger partial charge in [-0.05, 0) is 5.23 Å². The number of hydrogen-bond acceptors (Lipinski definition) is 5. The predicted octanol–water partition coefficient (Wildman–Crippen LogP) is -0.0682. The Morgan fingerprint density at radius 3 is 2.20 bits per heavy atom. The highest BCUT2D eigenvalue weighted by Crippen LogP contribution is 1.88. The van der Waals surface area contributed by atoms with Gasteiger partial charge >= 0.3 is 5.97 Å². The number of carbonyl (C=O) groups is 1. The number of carbonyl (C=O) groups excluding carboxylic acids is 1. The van der Waals surface area contributed by atoms with Crippen molar-refractivity contribution in [3.05, 3.63) is 0 Å². The van der Waals surface area contributed by atoms with E-state index < -0.39 is 0 Å². The molecule has 0 rings (SSSR count). The Kier molecular flexibility index (Phi) is 4.82. The molecule has 10 heavy (non-hydrogen) atoms. The highest BCUT2D eigenvalue weighted by molar-refractivity contribution is 5.65. The smallest absolute Gasteiger partial charge is 0.304 e. The molecule has 0 aromatic carbocycles. The minimum atomic E-state index is -0.376. The zero-order valence-electron chi connectivity index (χ0n) is 6.29. The number of rotatable bonds is 4. The molecule has 0 aromatic heterocycles. The van der Waals surface area contributed by atoms with E-state index in [-0.39, 0.29) is 12.7 Å². The first-order valence-electron chi connectivity index (χ1n) is 2.69. The van der Waals surface area contributed by atoms with Gasteiger partial charge in [0.05, 0.1) is 14.2 Å². The predicted molar refractivity (Wildman–Crippen MR) is 32.5 cm³/mol. The number of hydroxylamine groups is 2. The minimum Gasteiger partial charge on any atom is -0.445 e. The first-order valence-corrected chi connectivity index (χ1v) is 2.69. The van der Waals surface area contributed by atoms with Crippen LogP contribution in [0.5, 0.6) is 0 Å². The van der Waals surface area contributed by atoms with Gasteiger partial charge in [0.15, 0.2) is 6.73 Å². The van der Waals surface area contributed by atoms with Crippen LogP contribution in [0, 0.1) is 0 Å². The van der Waals surface area contributed by atoms with Crippen LogP contribution in [-0.4, -0.2) is 32.1 Å². The van der Waals surface area contributed by atoms with Crippen molar-refractivity contribution >= 4 is 5.97 Å². The van der Waals surface area contributed by atoms with E-state index in [1.165, 1.54) is 21.1 Å². The van der Waals surface area contributed by atoms with E-state index in [1.807, 2.05) is 0 Å². The first-order chi connectivity index (χ1) is 4.70. The van der Waals surface area contributed by atoms with Crippen LogP contribution in [-0.2, 0) is 19.2 Å². The van der Waals surface area contributed by atoms with Crippen molar-refractivity contribution in [3.8, 4) is 0 Å². The van der Waals surface area contributed by atoms with Crippen molar-refractivity contribution in [1.82, 2.24) is 5.23 Å². The summed E-state index contributed by atoms with van der Waals surface area (Å²) in [7, 11) is 2.82. The highest BCUT2D eigenvalue weighted by Gasteiger charge is 2.01. The van der Waals surface area contributed by atoms with Crippen molar-refractivity contribution < 1.29 is 19.2 Å². The highest BCUT2D eigenvalue weighted by atomic mass is 17.0. The van der Waals surface area contributed by atoms with Crippen LogP contribution in [0.4, 0.5) is 0 Å². The molecular weight excluding hydrogens is 138 g/mol. The van der Waals surface area contributed by atoms with Crippen molar-refractivity contribution in [2.24, 2.45) is 0 Å². The standard InChI is InChI=1S/C5H11NO4/c1-5(7)10-4-6(8-2)9-3/h4H2,1-3H3. The molecule has 0 unspecified atom stereocenters. The SMILES string of the molecule is CON(COC(C)=O)OC. The molecule has 0 amide bonds. The van der Waals surface area contributed by atoms with E-state index in [1.54, 1.807) is 0 Å². The van der Waals surface area contributed by atoms with Gasteiger partial charge in [-0.2, -0.15) is 0 Å². The van der Waals surface area contributed by atoms with Crippen molar-refractivity contribution in [1.29, 1.82) is 0 Å². The summed E-state index contributed by atoms with van der Waals surface area (Å²) in [6.45, 7) is 1.28. The monoisotopic (exact) mass is 149 g/mol. The maximum Gasteiger partial charge on any atom is 0.304 e. The molecule has 0 fully saturated rings. The average Bonchev–Trinajstić information content (AvgIpc) is 1.90. The summed E-state index contributed by atoms with van der Waals surface area (Å²) in [5.41, 5.74) is 0. The van der Waals surface area contributed by atoms with Crippen LogP contribution in [0.2, 0.25) is 0 Å². The van der Waals surface area contributed by atoms with E-state index >= 15 is 0 Å². The molecule has 5 nitrogen and oxygen atoms in total. The number of nitrogens with zero attached hydrogens (tertiary/aromatic N) is 1. The van der Waals surface area contributed by atoms with Gasteiger partial charge in [-0.3, -0.25) is 14.5 Å². The Bertz CT molecular complexity index is 102. The quantitative estimate of drug-likeness (QED) is 0.318. The Balaban J connectivity index is 3.34. The molecule has 0 aliphatic rings. The van der Waals surface area contributed by atoms with Crippen molar-refractivity contribution in [2.45, 2.75) is 6.92 Å². The molecule has 0 aliphatic heterocycles. The Hall–Kier alpha value is -0.650. The van der Waals surface area contributed by atoms with Gasteiger partial charge in [0.2, 0.25) is 0 Å². The Morgan fingerprint density at radius 2 is 1.90 bits per heavy atom. The second kappa shape index (κ2) is 5.16. The molecule has 0 atom stereocenters. The van der Waals surface area contributed by atoms with Gasteiger partial charge in [0, 0.05) is 6.92 Å². The third kappa shape index (κ3) is 4.25. The van der Waals surface area contributed by atoms with Crippen LogP contribution < -0.4 is 0 Å². The van der Waals surface area contributed by atoms with Gasteiger partial charge in [-0.15, -0.1) is 0 Å². The molecule has 0 aromatic rings. The summed E-state index contributed by atoms with van der Waals surface area (Å²) in [4.78, 5) is 19.4. The molecule has 0 N–H and O–H groups in total. The minimum absolute atomic E-state index is 0.0255. The normalized spacial score (nSPS) is 10.0. The number of esters is 1. The van der Waals surface area contributed by atoms with Crippen LogP contribution in [0.15, 0.2) is 0 Å². The summed E-state index contributed by atoms with van der Waals surface area (Å²) < 4.78 is 4.52. The second-order valence-corrected chi connectivity index (χ2v) is 1.46. The van der Waals surface area contributed by atoms with Gasteiger partial charge in [-0.1, -0.05) is 0 Å². The summed E-state index contributed by atoms with van der Waals surface area (Å²) in [5, 5.41) is 1.03. The molecule has 0 spiro atoms. The zero-order valence-corrected chi connectivity index (χ0v) is 6.29. The van der Waals surface area contributed by atoms with Crippen LogP contribution in [0.3, 0.4) is 0 Å². The molecule has 0 bridgehead atoms. The van der Waals surface area contributed by atoms with E-state index in [9.17, 15) is 4.79 Å². The van der Waals surface area contributed by atoms with Gasteiger partial charge in [0.1, 0.15) is 0 Å². The van der Waals surface area contributed by atoms with Crippen LogP contribution in [0.1, 0.15) is 6.92 Å². The maximum atomic E-state index is 10.2. The molecule has 5 heteroatoms. The molecule has 0 saturated carbocycles. The third-order valence-electron chi connectivity index (χ3n) is 0.780. The lowest BCUT2D eigenvalue weighted by Crippen LogP contribution is -2.25. The van der Waals surface area contributed by atoms with E-state index in [4.69, 9.17) is 0 Å². The fourth-order valence-corrected chi connectivity index (χ4v) is 0.324. The maximum absolute atomic E-state index is 10.2. The second-order valence-electron chi connectivity index (χ2n) is 1.46. The molecule has 0 radical (unpaired) electrons. The van der Waals surface area contributed by atoms with Crippen molar-refractivity contribution in [3.63, 3.8) is 0 Å². The summed E-state index contributed by atoms with van der Waals surface area (Å²) >= 11 is 0. The molecule has 0 heterocycles. The van der Waals surface area contributed by atoms with Crippen LogP contribution in [0.25, 0.3) is 0 Å².